The highest BCUT2D eigenvalue weighted by atomic mass is 19.2. The van der Waals surface area contributed by atoms with Gasteiger partial charge in [0.1, 0.15) is 6.04 Å². The lowest BCUT2D eigenvalue weighted by molar-refractivity contribution is -0.152. The van der Waals surface area contributed by atoms with Crippen LogP contribution in [-0.2, 0) is 16.0 Å². The summed E-state index contributed by atoms with van der Waals surface area (Å²) in [5.74, 6) is -2.06. The number of methoxy groups -OCH3 is 1. The topological polar surface area (TPSA) is 60.6 Å². The standard InChI is InChI=1S/C27H32F2N4O2/c1-32(2)11-10-30-17-13-23(16-8-9-20(28)21(29)12-16)33-24(14-17)26-19(15-25(33)27(34)35-3)18-6-4-5-7-22(18)31-26/h4-9,12,17,23-25,30-31H,10-11,13-15H2,1-3H3/t17-,23-,24+,25-/m0/s1. The monoisotopic (exact) mass is 482 g/mol. The summed E-state index contributed by atoms with van der Waals surface area (Å²) in [5, 5.41) is 4.78. The van der Waals surface area contributed by atoms with Gasteiger partial charge >= 0.3 is 5.97 Å². The highest BCUT2D eigenvalue weighted by Gasteiger charge is 2.48. The van der Waals surface area contributed by atoms with Gasteiger partial charge in [-0.1, -0.05) is 24.3 Å². The van der Waals surface area contributed by atoms with E-state index in [-0.39, 0.29) is 24.1 Å². The maximum atomic E-state index is 14.3. The van der Waals surface area contributed by atoms with Crippen LogP contribution in [-0.4, -0.2) is 67.1 Å². The molecule has 0 bridgehead atoms. The highest BCUT2D eigenvalue weighted by Crippen LogP contribution is 2.48. The number of carbonyl (C=O) groups excluding carboxylic acids is 1. The van der Waals surface area contributed by atoms with E-state index in [1.165, 1.54) is 19.2 Å². The number of benzene rings is 2. The van der Waals surface area contributed by atoms with Gasteiger partial charge < -0.3 is 19.9 Å². The average molecular weight is 483 g/mol. The van der Waals surface area contributed by atoms with Crippen LogP contribution in [0.5, 0.6) is 0 Å². The first-order valence-electron chi connectivity index (χ1n) is 12.1. The third-order valence-corrected chi connectivity index (χ3v) is 7.47. The summed E-state index contributed by atoms with van der Waals surface area (Å²) < 4.78 is 33.4. The average Bonchev–Trinajstić information content (AvgIpc) is 3.23. The van der Waals surface area contributed by atoms with Crippen LogP contribution in [0.3, 0.4) is 0 Å². The molecule has 2 aromatic carbocycles. The second-order valence-electron chi connectivity index (χ2n) is 9.88. The Kier molecular flexibility index (Phi) is 6.61. The number of halogens is 2. The number of fused-ring (bicyclic) bond motifs is 5. The Bertz CT molecular complexity index is 1230. The molecule has 2 aliphatic rings. The number of hydrogen-bond acceptors (Lipinski definition) is 5. The summed E-state index contributed by atoms with van der Waals surface area (Å²) in [4.78, 5) is 21.0. The Labute approximate surface area is 204 Å². The molecule has 6 nitrogen and oxygen atoms in total. The number of piperidine rings is 1. The van der Waals surface area contributed by atoms with E-state index in [1.54, 1.807) is 6.07 Å². The summed E-state index contributed by atoms with van der Waals surface area (Å²) in [6.07, 6.45) is 1.97. The predicted octanol–water partition coefficient (Wildman–Crippen LogP) is 3.94. The maximum Gasteiger partial charge on any atom is 0.323 e. The maximum absolute atomic E-state index is 14.3. The van der Waals surface area contributed by atoms with Crippen LogP contribution in [0.2, 0.25) is 0 Å². The molecule has 5 rings (SSSR count). The van der Waals surface area contributed by atoms with Crippen molar-refractivity contribution in [3.63, 3.8) is 0 Å². The van der Waals surface area contributed by atoms with Crippen molar-refractivity contribution in [1.29, 1.82) is 0 Å². The van der Waals surface area contributed by atoms with E-state index >= 15 is 0 Å². The Morgan fingerprint density at radius 2 is 1.91 bits per heavy atom. The summed E-state index contributed by atoms with van der Waals surface area (Å²) in [6, 6.07) is 11.5. The minimum Gasteiger partial charge on any atom is -0.468 e. The van der Waals surface area contributed by atoms with Gasteiger partial charge in [-0.25, -0.2) is 8.78 Å². The van der Waals surface area contributed by atoms with Gasteiger partial charge in [-0.3, -0.25) is 9.69 Å². The number of para-hydroxylation sites is 1. The number of aromatic amines is 1. The molecule has 3 aromatic rings. The van der Waals surface area contributed by atoms with Gasteiger partial charge in [0.15, 0.2) is 11.6 Å². The number of esters is 1. The van der Waals surface area contributed by atoms with Crippen molar-refractivity contribution in [2.75, 3.05) is 34.3 Å². The quantitative estimate of drug-likeness (QED) is 0.521. The first-order chi connectivity index (χ1) is 16.9. The van der Waals surface area contributed by atoms with Crippen LogP contribution in [0.15, 0.2) is 42.5 Å². The van der Waals surface area contributed by atoms with E-state index in [4.69, 9.17) is 4.74 Å². The normalized spacial score (nSPS) is 24.4. The zero-order chi connectivity index (χ0) is 24.7. The van der Waals surface area contributed by atoms with Crippen molar-refractivity contribution < 1.29 is 18.3 Å². The van der Waals surface area contributed by atoms with E-state index in [0.717, 1.165) is 41.7 Å². The minimum atomic E-state index is -0.875. The number of carbonyl (C=O) groups is 1. The van der Waals surface area contributed by atoms with Crippen LogP contribution in [0, 0.1) is 11.6 Å². The van der Waals surface area contributed by atoms with Gasteiger partial charge in [-0.2, -0.15) is 0 Å². The van der Waals surface area contributed by atoms with Crippen molar-refractivity contribution >= 4 is 16.9 Å². The van der Waals surface area contributed by atoms with Crippen molar-refractivity contribution in [2.45, 2.75) is 43.4 Å². The molecule has 35 heavy (non-hydrogen) atoms. The van der Waals surface area contributed by atoms with Gasteiger partial charge in [-0.15, -0.1) is 0 Å². The minimum absolute atomic E-state index is 0.0982. The number of nitrogens with one attached hydrogen (secondary N) is 2. The largest absolute Gasteiger partial charge is 0.468 e. The first kappa shape index (κ1) is 23.9. The van der Waals surface area contributed by atoms with Gasteiger partial charge in [0.05, 0.1) is 13.2 Å². The van der Waals surface area contributed by atoms with E-state index in [9.17, 15) is 13.6 Å². The second kappa shape index (κ2) is 9.68. The molecule has 8 heteroatoms. The number of rotatable bonds is 6. The van der Waals surface area contributed by atoms with Crippen molar-refractivity contribution in [2.24, 2.45) is 0 Å². The Morgan fingerprint density at radius 3 is 2.66 bits per heavy atom. The molecule has 3 heterocycles. The molecule has 0 unspecified atom stereocenters. The molecule has 2 aliphatic heterocycles. The number of nitrogens with zero attached hydrogens (tertiary/aromatic N) is 2. The molecular formula is C27H32F2N4O2. The van der Waals surface area contributed by atoms with Crippen LogP contribution in [0.1, 0.15) is 41.7 Å². The molecule has 186 valence electrons. The fraction of sp³-hybridized carbons (Fsp3) is 0.444. The molecule has 1 saturated heterocycles. The Balaban J connectivity index is 1.60. The number of likely N-dealkylation sites (N-methyl/N-ethyl adjacent to an activating group) is 1. The van der Waals surface area contributed by atoms with Crippen molar-refractivity contribution in [3.05, 3.63) is 70.9 Å². The smallest absolute Gasteiger partial charge is 0.323 e. The Morgan fingerprint density at radius 1 is 1.14 bits per heavy atom. The number of H-pyrrole nitrogens is 1. The molecule has 1 fully saturated rings. The zero-order valence-electron chi connectivity index (χ0n) is 20.4. The Hall–Kier alpha value is -2.81. The molecule has 0 spiro atoms. The lowest BCUT2D eigenvalue weighted by atomic mass is 9.79. The second-order valence-corrected chi connectivity index (χ2v) is 9.88. The van der Waals surface area contributed by atoms with Crippen LogP contribution < -0.4 is 5.32 Å². The number of aromatic nitrogens is 1. The summed E-state index contributed by atoms with van der Waals surface area (Å²) in [6.45, 7) is 1.71. The summed E-state index contributed by atoms with van der Waals surface area (Å²) in [7, 11) is 5.48. The SMILES string of the molecule is COC(=O)[C@@H]1Cc2c([nH]c3ccccc23)[C@H]2C[C@@H](NCCN(C)C)C[C@@H](c3ccc(F)c(F)c3)N21. The summed E-state index contributed by atoms with van der Waals surface area (Å²) in [5.41, 5.74) is 3.93. The lowest BCUT2D eigenvalue weighted by Gasteiger charge is -2.50. The van der Waals surface area contributed by atoms with Crippen molar-refractivity contribution in [3.8, 4) is 0 Å². The number of hydrogen-bond donors (Lipinski definition) is 2. The lowest BCUT2D eigenvalue weighted by Crippen LogP contribution is -2.56. The van der Waals surface area contributed by atoms with Gasteiger partial charge in [-0.05, 0) is 56.3 Å². The summed E-state index contributed by atoms with van der Waals surface area (Å²) >= 11 is 0. The molecule has 2 N–H and O–H groups in total. The van der Waals surface area contributed by atoms with Gasteiger partial charge in [0.25, 0.3) is 0 Å². The fourth-order valence-corrected chi connectivity index (χ4v) is 5.85. The van der Waals surface area contributed by atoms with E-state index in [2.05, 4.69) is 26.2 Å². The predicted molar refractivity (Wildman–Crippen MR) is 131 cm³/mol. The van der Waals surface area contributed by atoms with Crippen LogP contribution in [0.4, 0.5) is 8.78 Å². The molecular weight excluding hydrogens is 450 g/mol. The molecule has 0 radical (unpaired) electrons. The molecule has 4 atom stereocenters. The van der Waals surface area contributed by atoms with Gasteiger partial charge in [0.2, 0.25) is 0 Å². The molecule has 0 saturated carbocycles. The molecule has 0 amide bonds. The molecule has 1 aromatic heterocycles. The van der Waals surface area contributed by atoms with Crippen LogP contribution in [0.25, 0.3) is 10.9 Å². The van der Waals surface area contributed by atoms with Gasteiger partial charge in [0, 0.05) is 48.2 Å². The fourth-order valence-electron chi connectivity index (χ4n) is 5.85. The highest BCUT2D eigenvalue weighted by molar-refractivity contribution is 5.87. The van der Waals surface area contributed by atoms with E-state index < -0.39 is 17.7 Å². The molecule has 0 aliphatic carbocycles. The zero-order valence-corrected chi connectivity index (χ0v) is 20.4. The van der Waals surface area contributed by atoms with E-state index in [1.807, 2.05) is 32.3 Å². The third kappa shape index (κ3) is 4.46. The van der Waals surface area contributed by atoms with Crippen molar-refractivity contribution in [1.82, 2.24) is 20.1 Å². The third-order valence-electron chi connectivity index (χ3n) is 7.47. The number of ether oxygens (including phenoxy) is 1. The van der Waals surface area contributed by atoms with E-state index in [0.29, 0.717) is 18.4 Å². The van der Waals surface area contributed by atoms with Crippen LogP contribution >= 0.6 is 0 Å². The first-order valence-corrected chi connectivity index (χ1v) is 12.1.